The van der Waals surface area contributed by atoms with Crippen molar-refractivity contribution in [1.82, 2.24) is 9.80 Å². The molecule has 6 heteroatoms. The van der Waals surface area contributed by atoms with E-state index in [1.54, 1.807) is 0 Å². The molecule has 1 aromatic rings. The first-order chi connectivity index (χ1) is 10.5. The van der Waals surface area contributed by atoms with Gasteiger partial charge in [0.25, 0.3) is 0 Å². The van der Waals surface area contributed by atoms with Crippen molar-refractivity contribution in [3.63, 3.8) is 0 Å². The highest BCUT2D eigenvalue weighted by Gasteiger charge is 2.19. The number of benzene rings is 1. The predicted octanol–water partition coefficient (Wildman–Crippen LogP) is 3.09. The van der Waals surface area contributed by atoms with Gasteiger partial charge in [-0.2, -0.15) is 0 Å². The fourth-order valence-electron chi connectivity index (χ4n) is 2.93. The van der Waals surface area contributed by atoms with Crippen LogP contribution in [0, 0.1) is 11.7 Å². The number of likely N-dealkylation sites (N-methyl/N-ethyl adjacent to an activating group) is 1. The van der Waals surface area contributed by atoms with Crippen LogP contribution in [-0.4, -0.2) is 49.5 Å². The lowest BCUT2D eigenvalue weighted by atomic mass is 10.0. The van der Waals surface area contributed by atoms with Crippen LogP contribution in [-0.2, 0) is 0 Å². The quantitative estimate of drug-likeness (QED) is 0.450. The summed E-state index contributed by atoms with van der Waals surface area (Å²) in [7, 11) is 4.01. The Morgan fingerprint density at radius 1 is 1.39 bits per heavy atom. The third-order valence-electron chi connectivity index (χ3n) is 4.29. The topological polar surface area (TPSA) is 44.9 Å². The maximum Gasteiger partial charge on any atom is 0.191 e. The van der Waals surface area contributed by atoms with Crippen molar-refractivity contribution >= 4 is 29.9 Å². The minimum Gasteiger partial charge on any atom is -0.370 e. The first kappa shape index (κ1) is 20.2. The van der Waals surface area contributed by atoms with Crippen molar-refractivity contribution in [3.8, 4) is 0 Å². The standard InChI is InChI=1S/C17H27FN4.HI/c1-13-5-4-10-22(12-13)17(19)20-11-16(21(2)3)14-6-8-15(18)9-7-14;/h6-9,13,16H,4-5,10-12H2,1-3H3,(H2,19,20);1H. The maximum atomic E-state index is 13.1. The second kappa shape index (κ2) is 9.42. The highest BCUT2D eigenvalue weighted by Crippen LogP contribution is 2.20. The summed E-state index contributed by atoms with van der Waals surface area (Å²) in [6, 6.07) is 6.71. The number of rotatable bonds is 4. The zero-order valence-electron chi connectivity index (χ0n) is 14.2. The Labute approximate surface area is 156 Å². The molecule has 2 unspecified atom stereocenters. The normalized spacial score (nSPS) is 20.3. The average Bonchev–Trinajstić information content (AvgIpc) is 2.48. The van der Waals surface area contributed by atoms with Gasteiger partial charge in [-0.05, 0) is 50.6 Å². The summed E-state index contributed by atoms with van der Waals surface area (Å²) in [6.07, 6.45) is 2.44. The summed E-state index contributed by atoms with van der Waals surface area (Å²) in [6.45, 7) is 4.80. The number of aliphatic imine (C=N–C) groups is 1. The van der Waals surface area contributed by atoms with Crippen LogP contribution < -0.4 is 5.73 Å². The zero-order valence-corrected chi connectivity index (χ0v) is 16.5. The van der Waals surface area contributed by atoms with Crippen molar-refractivity contribution in [2.45, 2.75) is 25.8 Å². The van der Waals surface area contributed by atoms with E-state index >= 15 is 0 Å². The molecule has 1 saturated heterocycles. The van der Waals surface area contributed by atoms with Gasteiger partial charge in [-0.1, -0.05) is 19.1 Å². The van der Waals surface area contributed by atoms with Crippen molar-refractivity contribution in [2.24, 2.45) is 16.6 Å². The van der Waals surface area contributed by atoms with Gasteiger partial charge in [0.15, 0.2) is 5.96 Å². The zero-order chi connectivity index (χ0) is 16.1. The number of likely N-dealkylation sites (tertiary alicyclic amines) is 1. The van der Waals surface area contributed by atoms with Gasteiger partial charge in [-0.3, -0.25) is 4.99 Å². The summed E-state index contributed by atoms with van der Waals surface area (Å²) in [5.41, 5.74) is 7.21. The lowest BCUT2D eigenvalue weighted by molar-refractivity contribution is 0.267. The monoisotopic (exact) mass is 434 g/mol. The number of nitrogens with two attached hydrogens (primary N) is 1. The Morgan fingerprint density at radius 3 is 2.61 bits per heavy atom. The molecule has 1 aliphatic rings. The smallest absolute Gasteiger partial charge is 0.191 e. The van der Waals surface area contributed by atoms with E-state index in [-0.39, 0.29) is 35.8 Å². The van der Waals surface area contributed by atoms with Gasteiger partial charge in [0, 0.05) is 13.1 Å². The molecule has 2 N–H and O–H groups in total. The van der Waals surface area contributed by atoms with E-state index in [2.05, 4.69) is 21.7 Å². The number of halogens is 2. The molecule has 0 saturated carbocycles. The molecule has 1 heterocycles. The molecule has 0 aliphatic carbocycles. The molecule has 0 aromatic heterocycles. The fraction of sp³-hybridized carbons (Fsp3) is 0.588. The number of piperidine rings is 1. The van der Waals surface area contributed by atoms with E-state index in [0.29, 0.717) is 18.4 Å². The van der Waals surface area contributed by atoms with Crippen LogP contribution in [0.1, 0.15) is 31.4 Å². The van der Waals surface area contributed by atoms with Crippen LogP contribution >= 0.6 is 24.0 Å². The summed E-state index contributed by atoms with van der Waals surface area (Å²) in [5.74, 6) is 1.08. The van der Waals surface area contributed by atoms with Crippen molar-refractivity contribution in [1.29, 1.82) is 0 Å². The Morgan fingerprint density at radius 2 is 2.04 bits per heavy atom. The second-order valence-electron chi connectivity index (χ2n) is 6.42. The molecule has 2 atom stereocenters. The predicted molar refractivity (Wildman–Crippen MR) is 105 cm³/mol. The summed E-state index contributed by atoms with van der Waals surface area (Å²) in [4.78, 5) is 8.85. The van der Waals surface area contributed by atoms with E-state index in [9.17, 15) is 4.39 Å². The molecule has 0 spiro atoms. The molecular weight excluding hydrogens is 406 g/mol. The molecular formula is C17H28FIN4. The van der Waals surface area contributed by atoms with E-state index in [1.807, 2.05) is 26.2 Å². The summed E-state index contributed by atoms with van der Waals surface area (Å²) >= 11 is 0. The van der Waals surface area contributed by atoms with Gasteiger partial charge >= 0.3 is 0 Å². The highest BCUT2D eigenvalue weighted by molar-refractivity contribution is 14.0. The van der Waals surface area contributed by atoms with Crippen molar-refractivity contribution < 1.29 is 4.39 Å². The van der Waals surface area contributed by atoms with Crippen LogP contribution in [0.4, 0.5) is 4.39 Å². The van der Waals surface area contributed by atoms with Crippen LogP contribution in [0.5, 0.6) is 0 Å². The molecule has 1 aromatic carbocycles. The van der Waals surface area contributed by atoms with Crippen molar-refractivity contribution in [2.75, 3.05) is 33.7 Å². The van der Waals surface area contributed by atoms with Gasteiger partial charge in [-0.15, -0.1) is 24.0 Å². The molecule has 1 fully saturated rings. The molecule has 1 aliphatic heterocycles. The third-order valence-corrected chi connectivity index (χ3v) is 4.29. The van der Waals surface area contributed by atoms with Gasteiger partial charge in [0.1, 0.15) is 5.82 Å². The van der Waals surface area contributed by atoms with Crippen LogP contribution in [0.2, 0.25) is 0 Å². The van der Waals surface area contributed by atoms with Crippen molar-refractivity contribution in [3.05, 3.63) is 35.6 Å². The maximum absolute atomic E-state index is 13.1. The lowest BCUT2D eigenvalue weighted by Crippen LogP contribution is -2.43. The molecule has 4 nitrogen and oxygen atoms in total. The molecule has 130 valence electrons. The Balaban J connectivity index is 0.00000264. The number of hydrogen-bond acceptors (Lipinski definition) is 2. The average molecular weight is 434 g/mol. The van der Waals surface area contributed by atoms with E-state index in [1.165, 1.54) is 25.0 Å². The summed E-state index contributed by atoms with van der Waals surface area (Å²) < 4.78 is 13.1. The van der Waals surface area contributed by atoms with Gasteiger partial charge in [-0.25, -0.2) is 4.39 Å². The van der Waals surface area contributed by atoms with Crippen LogP contribution in [0.3, 0.4) is 0 Å². The first-order valence-electron chi connectivity index (χ1n) is 7.94. The first-order valence-corrected chi connectivity index (χ1v) is 7.94. The Hall–Kier alpha value is -0.890. The van der Waals surface area contributed by atoms with Gasteiger partial charge < -0.3 is 15.5 Å². The van der Waals surface area contributed by atoms with E-state index in [4.69, 9.17) is 5.73 Å². The molecule has 0 bridgehead atoms. The Bertz CT molecular complexity index is 504. The SMILES string of the molecule is CC1CCCN(C(N)=NCC(c2ccc(F)cc2)N(C)C)C1.I. The van der Waals surface area contributed by atoms with Gasteiger partial charge in [0.05, 0.1) is 12.6 Å². The van der Waals surface area contributed by atoms with E-state index < -0.39 is 0 Å². The second-order valence-corrected chi connectivity index (χ2v) is 6.42. The molecule has 0 amide bonds. The molecule has 2 rings (SSSR count). The number of guanidine groups is 1. The minimum absolute atomic E-state index is 0. The largest absolute Gasteiger partial charge is 0.370 e. The number of nitrogens with zero attached hydrogens (tertiary/aromatic N) is 3. The fourth-order valence-corrected chi connectivity index (χ4v) is 2.93. The highest BCUT2D eigenvalue weighted by atomic mass is 127. The molecule has 23 heavy (non-hydrogen) atoms. The van der Waals surface area contributed by atoms with E-state index in [0.717, 1.165) is 18.7 Å². The Kier molecular flexibility index (Phi) is 8.25. The van der Waals surface area contributed by atoms with Crippen LogP contribution in [0.15, 0.2) is 29.3 Å². The lowest BCUT2D eigenvalue weighted by Gasteiger charge is -2.32. The summed E-state index contributed by atoms with van der Waals surface area (Å²) in [5, 5.41) is 0. The third kappa shape index (κ3) is 5.91. The van der Waals surface area contributed by atoms with Gasteiger partial charge in [0.2, 0.25) is 0 Å². The minimum atomic E-state index is -0.216. The van der Waals surface area contributed by atoms with Crippen LogP contribution in [0.25, 0.3) is 0 Å². The number of hydrogen-bond donors (Lipinski definition) is 1. The molecule has 0 radical (unpaired) electrons.